The van der Waals surface area contributed by atoms with Crippen LogP contribution in [0.1, 0.15) is 43.7 Å². The Morgan fingerprint density at radius 2 is 1.82 bits per heavy atom. The van der Waals surface area contributed by atoms with E-state index in [0.717, 1.165) is 33.2 Å². The van der Waals surface area contributed by atoms with E-state index < -0.39 is 6.17 Å². The molecular weight excluding hydrogens is 492 g/mol. The molecule has 1 amide bonds. The number of amides is 1. The van der Waals surface area contributed by atoms with Gasteiger partial charge in [0.25, 0.3) is 5.91 Å². The maximum Gasteiger partial charge on any atom is 0.272 e. The number of thioether (sulfide) groups is 1. The van der Waals surface area contributed by atoms with Crippen molar-refractivity contribution in [2.75, 3.05) is 18.7 Å². The Balaban J connectivity index is 0.00000172. The fraction of sp³-hybridized carbons (Fsp3) is 0.258. The molecule has 202 valence electrons. The zero-order valence-corrected chi connectivity index (χ0v) is 24.3. The predicted molar refractivity (Wildman–Crippen MR) is 166 cm³/mol. The van der Waals surface area contributed by atoms with Crippen LogP contribution in [0.2, 0.25) is 0 Å². The molecule has 1 unspecified atom stereocenters. The van der Waals surface area contributed by atoms with E-state index >= 15 is 0 Å². The summed E-state index contributed by atoms with van der Waals surface area (Å²) in [5.74, 6) is 0.345. The molecule has 4 N–H and O–H groups in total. The number of allylic oxidation sites excluding steroid dienone is 1. The number of hydrogen-bond donors (Lipinski definition) is 3. The van der Waals surface area contributed by atoms with Crippen molar-refractivity contribution >= 4 is 39.8 Å². The summed E-state index contributed by atoms with van der Waals surface area (Å²) in [4.78, 5) is 13.1. The van der Waals surface area contributed by atoms with Crippen LogP contribution in [0.25, 0.3) is 16.5 Å². The summed E-state index contributed by atoms with van der Waals surface area (Å²) < 4.78 is 7.50. The molecule has 0 aliphatic rings. The highest BCUT2D eigenvalue weighted by Crippen LogP contribution is 2.33. The van der Waals surface area contributed by atoms with Gasteiger partial charge in [0, 0.05) is 18.0 Å². The third-order valence-corrected chi connectivity index (χ3v) is 5.93. The number of carbonyl (C=O) groups excluding carboxylic acids is 1. The molecule has 38 heavy (non-hydrogen) atoms. The summed E-state index contributed by atoms with van der Waals surface area (Å²) in [6.07, 6.45) is 11.4. The lowest BCUT2D eigenvalue weighted by Crippen LogP contribution is -2.35. The first-order valence-corrected chi connectivity index (χ1v) is 13.5. The Morgan fingerprint density at radius 3 is 2.39 bits per heavy atom. The average Bonchev–Trinajstić information content (AvgIpc) is 3.29. The van der Waals surface area contributed by atoms with Gasteiger partial charge >= 0.3 is 0 Å². The van der Waals surface area contributed by atoms with E-state index in [4.69, 9.17) is 10.5 Å². The largest absolute Gasteiger partial charge is 0.495 e. The number of rotatable bonds is 9. The lowest BCUT2D eigenvalue weighted by atomic mass is 9.98. The number of methoxy groups -OCH3 is 1. The third kappa shape index (κ3) is 8.07. The number of hydrogen-bond acceptors (Lipinski definition) is 5. The highest BCUT2D eigenvalue weighted by Gasteiger charge is 2.18. The van der Waals surface area contributed by atoms with E-state index in [-0.39, 0.29) is 5.91 Å². The van der Waals surface area contributed by atoms with E-state index in [1.807, 2.05) is 106 Å². The fourth-order valence-electron chi connectivity index (χ4n) is 3.63. The second kappa shape index (κ2) is 16.1. The van der Waals surface area contributed by atoms with Gasteiger partial charge in [-0.1, -0.05) is 50.3 Å². The zero-order valence-electron chi connectivity index (χ0n) is 23.5. The molecule has 3 aromatic rings. The Kier molecular flexibility index (Phi) is 13.6. The molecule has 0 aliphatic carbocycles. The van der Waals surface area contributed by atoms with E-state index in [1.54, 1.807) is 18.9 Å². The van der Waals surface area contributed by atoms with Crippen molar-refractivity contribution in [3.63, 3.8) is 0 Å². The predicted octanol–water partition coefficient (Wildman–Crippen LogP) is 6.77. The average molecular weight is 533 g/mol. The number of ether oxygens (including phenoxy) is 1. The summed E-state index contributed by atoms with van der Waals surface area (Å²) in [5.41, 5.74) is 12.1. The molecule has 0 saturated heterocycles. The number of nitrogens with zero attached hydrogens (tertiary/aromatic N) is 1. The summed E-state index contributed by atoms with van der Waals surface area (Å²) in [6, 6.07) is 15.4. The molecule has 0 bridgehead atoms. The van der Waals surface area contributed by atoms with E-state index in [2.05, 4.69) is 30.1 Å². The van der Waals surface area contributed by atoms with Crippen molar-refractivity contribution in [1.29, 1.82) is 0 Å². The van der Waals surface area contributed by atoms with Crippen LogP contribution in [0.5, 0.6) is 5.75 Å². The van der Waals surface area contributed by atoms with Gasteiger partial charge in [0.2, 0.25) is 0 Å². The van der Waals surface area contributed by atoms with Crippen LogP contribution in [0.4, 0.5) is 5.69 Å². The first kappa shape index (κ1) is 32.2. The van der Waals surface area contributed by atoms with E-state index in [0.29, 0.717) is 17.1 Å². The lowest BCUT2D eigenvalue weighted by molar-refractivity contribution is 0.101. The number of para-hydroxylation sites is 1. The van der Waals surface area contributed by atoms with Crippen molar-refractivity contribution in [3.05, 3.63) is 89.1 Å². The minimum atomic E-state index is -0.440. The Hall–Kier alpha value is -3.86. The minimum absolute atomic E-state index is 0.206. The van der Waals surface area contributed by atoms with Crippen LogP contribution >= 0.6 is 11.8 Å². The first-order valence-electron chi connectivity index (χ1n) is 12.2. The van der Waals surface area contributed by atoms with Crippen molar-refractivity contribution in [1.82, 2.24) is 9.88 Å². The number of benzene rings is 2. The fourth-order valence-corrected chi connectivity index (χ4v) is 4.15. The molecule has 0 spiro atoms. The number of nitrogens with two attached hydrogens (primary N) is 1. The number of anilines is 1. The van der Waals surface area contributed by atoms with Crippen molar-refractivity contribution in [2.24, 2.45) is 12.8 Å². The molecule has 0 radical (unpaired) electrons. The molecular formula is C31H40N4O2S. The molecule has 1 atom stereocenters. The van der Waals surface area contributed by atoms with Crippen molar-refractivity contribution in [2.45, 2.75) is 33.9 Å². The van der Waals surface area contributed by atoms with E-state index in [9.17, 15) is 4.79 Å². The molecule has 0 saturated carbocycles. The van der Waals surface area contributed by atoms with Gasteiger partial charge in [-0.3, -0.25) is 4.79 Å². The molecule has 6 nitrogen and oxygen atoms in total. The molecule has 1 aromatic heterocycles. The zero-order chi connectivity index (χ0) is 28.8. The van der Waals surface area contributed by atoms with Gasteiger partial charge in [-0.05, 0) is 72.7 Å². The highest BCUT2D eigenvalue weighted by molar-refractivity contribution is 8.01. The van der Waals surface area contributed by atoms with Crippen LogP contribution in [0.3, 0.4) is 0 Å². The normalized spacial score (nSPS) is 11.2. The number of nitrogens with one attached hydrogen (secondary N) is 2. The van der Waals surface area contributed by atoms with Crippen LogP contribution in [-0.4, -0.2) is 30.0 Å². The van der Waals surface area contributed by atoms with Gasteiger partial charge in [0.1, 0.15) is 17.6 Å². The van der Waals surface area contributed by atoms with Gasteiger partial charge in [-0.25, -0.2) is 0 Å². The lowest BCUT2D eigenvalue weighted by Gasteiger charge is -2.20. The first-order chi connectivity index (χ1) is 18.3. The minimum Gasteiger partial charge on any atom is -0.495 e. The maximum atomic E-state index is 13.1. The number of carbonyl (C=O) groups is 1. The van der Waals surface area contributed by atoms with Crippen LogP contribution in [0, 0.1) is 12.8 Å². The molecule has 3 rings (SSSR count). The topological polar surface area (TPSA) is 81.3 Å². The number of terminal acetylenes is 1. The van der Waals surface area contributed by atoms with Gasteiger partial charge in [0.15, 0.2) is 0 Å². The Morgan fingerprint density at radius 1 is 1.16 bits per heavy atom. The van der Waals surface area contributed by atoms with Crippen LogP contribution < -0.4 is 21.1 Å². The SMILES string of the molecule is C#C.C=C(/C(=C\SC)c1ccc(NC(=O)c2cc3ccccc3n2C)c(OC)c1)C(N)NC=C(C)C.CC. The number of aromatic nitrogens is 1. The third-order valence-electron chi connectivity index (χ3n) is 5.45. The maximum absolute atomic E-state index is 13.1. The number of aryl methyl sites for hydroxylation is 1. The highest BCUT2D eigenvalue weighted by atomic mass is 32.2. The van der Waals surface area contributed by atoms with Crippen molar-refractivity contribution < 1.29 is 9.53 Å². The second-order valence-electron chi connectivity index (χ2n) is 8.18. The smallest absolute Gasteiger partial charge is 0.272 e. The van der Waals surface area contributed by atoms with Crippen molar-refractivity contribution in [3.8, 4) is 18.6 Å². The standard InChI is InChI=1S/C27H32N4O2S.C2H6.C2H2/c1-17(2)15-29-26(28)18(3)21(16-34-6)19-11-12-22(25(14-19)33-5)30-27(32)24-13-20-9-7-8-10-23(20)31(24)4;2*1-2/h7-16,26,29H,3,28H2,1-2,4-6H3,(H,30,32);1-2H3;1-2H/b21-16+;;. The summed E-state index contributed by atoms with van der Waals surface area (Å²) >= 11 is 1.57. The molecule has 7 heteroatoms. The number of fused-ring (bicyclic) bond motifs is 1. The van der Waals surface area contributed by atoms with Gasteiger partial charge in [-0.15, -0.1) is 24.6 Å². The molecule has 0 aliphatic heterocycles. The Bertz CT molecular complexity index is 1310. The summed E-state index contributed by atoms with van der Waals surface area (Å²) in [7, 11) is 3.47. The summed E-state index contributed by atoms with van der Waals surface area (Å²) in [5, 5.41) is 9.18. The van der Waals surface area contributed by atoms with Gasteiger partial charge in [0.05, 0.1) is 12.8 Å². The van der Waals surface area contributed by atoms with Gasteiger partial charge in [-0.2, -0.15) is 0 Å². The molecule has 2 aromatic carbocycles. The quantitative estimate of drug-likeness (QED) is 0.161. The monoisotopic (exact) mass is 532 g/mol. The molecule has 0 fully saturated rings. The second-order valence-corrected chi connectivity index (χ2v) is 8.88. The molecule has 1 heterocycles. The van der Waals surface area contributed by atoms with Gasteiger partial charge < -0.3 is 25.7 Å². The summed E-state index contributed by atoms with van der Waals surface area (Å²) in [6.45, 7) is 12.2. The van der Waals surface area contributed by atoms with Crippen LogP contribution in [-0.2, 0) is 7.05 Å². The Labute approximate surface area is 232 Å². The van der Waals surface area contributed by atoms with Crippen LogP contribution in [0.15, 0.2) is 77.9 Å². The van der Waals surface area contributed by atoms with E-state index in [1.165, 1.54) is 0 Å².